The molecule has 198 valence electrons. The highest BCUT2D eigenvalue weighted by molar-refractivity contribution is 5.68. The minimum atomic E-state index is -0.00488. The van der Waals surface area contributed by atoms with E-state index in [1.165, 1.54) is 36.0 Å². The number of fused-ring (bicyclic) bond motifs is 1. The third-order valence-electron chi connectivity index (χ3n) is 8.36. The Balaban J connectivity index is 2.25. The predicted octanol–water partition coefficient (Wildman–Crippen LogP) is 9.27. The summed E-state index contributed by atoms with van der Waals surface area (Å²) < 4.78 is 6.21. The molecule has 0 bridgehead atoms. The van der Waals surface area contributed by atoms with Gasteiger partial charge in [-0.3, -0.25) is 0 Å². The molecule has 1 aromatic carbocycles. The summed E-state index contributed by atoms with van der Waals surface area (Å²) in [4.78, 5) is 0. The van der Waals surface area contributed by atoms with E-state index in [1.54, 1.807) is 0 Å². The Hall–Kier alpha value is -2.78. The van der Waals surface area contributed by atoms with E-state index in [2.05, 4.69) is 84.9 Å². The minimum Gasteiger partial charge on any atom is -0.496 e. The van der Waals surface area contributed by atoms with Crippen LogP contribution in [0.25, 0.3) is 6.08 Å². The molecule has 2 aliphatic carbocycles. The predicted molar refractivity (Wildman–Crippen MR) is 155 cm³/mol. The maximum atomic E-state index is 9.47. The normalized spacial score (nSPS) is 19.2. The molecule has 37 heavy (non-hydrogen) atoms. The van der Waals surface area contributed by atoms with Gasteiger partial charge in [-0.05, 0) is 83.1 Å². The summed E-state index contributed by atoms with van der Waals surface area (Å²) in [5, 5.41) is 18.9. The summed E-state index contributed by atoms with van der Waals surface area (Å²) >= 11 is 0. The summed E-state index contributed by atoms with van der Waals surface area (Å²) in [5.74, 6) is 1.01. The van der Waals surface area contributed by atoms with E-state index in [0.29, 0.717) is 0 Å². The van der Waals surface area contributed by atoms with Crippen molar-refractivity contribution in [3.63, 3.8) is 0 Å². The Morgan fingerprint density at radius 1 is 1.05 bits per heavy atom. The summed E-state index contributed by atoms with van der Waals surface area (Å²) in [6.07, 6.45) is 16.4. The van der Waals surface area contributed by atoms with E-state index in [4.69, 9.17) is 4.74 Å². The molecule has 1 aromatic rings. The van der Waals surface area contributed by atoms with Crippen LogP contribution >= 0.6 is 0 Å². The SMILES string of the molecule is CCCC(C)(C)c1cc(/C=C/C2=CC(=C(C#N)C#N)CC(C)(C)C2)c(OC)c2c1CCCCCC2(C)C. The molecule has 3 rings (SSSR count). The molecule has 0 unspecified atom stereocenters. The van der Waals surface area contributed by atoms with Crippen LogP contribution in [0.1, 0.15) is 122 Å². The van der Waals surface area contributed by atoms with Crippen LogP contribution in [0.3, 0.4) is 0 Å². The molecule has 0 aromatic heterocycles. The lowest BCUT2D eigenvalue weighted by Gasteiger charge is -2.37. The molecule has 0 spiro atoms. The van der Waals surface area contributed by atoms with Gasteiger partial charge in [0.1, 0.15) is 23.5 Å². The number of hydrogen-bond donors (Lipinski definition) is 0. The van der Waals surface area contributed by atoms with Gasteiger partial charge in [-0.15, -0.1) is 0 Å². The number of allylic oxidation sites excluding steroid dienone is 5. The molecular weight excluding hydrogens is 452 g/mol. The minimum absolute atomic E-state index is 0.00488. The smallest absolute Gasteiger partial charge is 0.132 e. The second-order valence-electron chi connectivity index (χ2n) is 13.2. The highest BCUT2D eigenvalue weighted by Gasteiger charge is 2.35. The van der Waals surface area contributed by atoms with Crippen LogP contribution in [-0.2, 0) is 17.3 Å². The summed E-state index contributed by atoms with van der Waals surface area (Å²) in [6.45, 7) is 16.3. The van der Waals surface area contributed by atoms with Gasteiger partial charge in [0.25, 0.3) is 0 Å². The first-order valence-electron chi connectivity index (χ1n) is 14.1. The van der Waals surface area contributed by atoms with Gasteiger partial charge in [-0.25, -0.2) is 0 Å². The van der Waals surface area contributed by atoms with Gasteiger partial charge in [0.05, 0.1) is 7.11 Å². The fourth-order valence-electron chi connectivity index (χ4n) is 6.67. The van der Waals surface area contributed by atoms with Gasteiger partial charge in [0.15, 0.2) is 0 Å². The fourth-order valence-corrected chi connectivity index (χ4v) is 6.67. The van der Waals surface area contributed by atoms with E-state index in [9.17, 15) is 10.5 Å². The third kappa shape index (κ3) is 6.38. The molecule has 0 amide bonds. The van der Waals surface area contributed by atoms with Crippen molar-refractivity contribution in [1.82, 2.24) is 0 Å². The summed E-state index contributed by atoms with van der Waals surface area (Å²) in [6, 6.07) is 6.58. The Morgan fingerprint density at radius 3 is 2.38 bits per heavy atom. The van der Waals surface area contributed by atoms with Crippen molar-refractivity contribution in [2.45, 2.75) is 117 Å². The lowest BCUT2D eigenvalue weighted by molar-refractivity contribution is 0.354. The monoisotopic (exact) mass is 498 g/mol. The lowest BCUT2D eigenvalue weighted by atomic mass is 9.68. The third-order valence-corrected chi connectivity index (χ3v) is 8.36. The van der Waals surface area contributed by atoms with Gasteiger partial charge < -0.3 is 4.74 Å². The molecule has 0 aliphatic heterocycles. The van der Waals surface area contributed by atoms with E-state index < -0.39 is 0 Å². The molecule has 0 saturated carbocycles. The molecule has 2 aliphatic rings. The number of nitriles is 2. The van der Waals surface area contributed by atoms with Crippen molar-refractivity contribution in [2.24, 2.45) is 5.41 Å². The van der Waals surface area contributed by atoms with Crippen molar-refractivity contribution in [3.8, 4) is 17.9 Å². The van der Waals surface area contributed by atoms with E-state index in [1.807, 2.05) is 7.11 Å². The van der Waals surface area contributed by atoms with E-state index >= 15 is 0 Å². The van der Waals surface area contributed by atoms with Crippen LogP contribution < -0.4 is 4.74 Å². The zero-order valence-corrected chi connectivity index (χ0v) is 24.5. The maximum absolute atomic E-state index is 9.47. The van der Waals surface area contributed by atoms with Gasteiger partial charge in [-0.2, -0.15) is 10.5 Å². The molecule has 0 heterocycles. The maximum Gasteiger partial charge on any atom is 0.132 e. The average molecular weight is 499 g/mol. The molecule has 0 radical (unpaired) electrons. The number of nitrogens with zero attached hydrogens (tertiary/aromatic N) is 2. The fraction of sp³-hybridized carbons (Fsp3) is 0.588. The largest absolute Gasteiger partial charge is 0.496 e. The number of ether oxygens (including phenoxy) is 1. The number of methoxy groups -OCH3 is 1. The summed E-state index contributed by atoms with van der Waals surface area (Å²) in [7, 11) is 1.81. The topological polar surface area (TPSA) is 56.8 Å². The molecule has 3 nitrogen and oxygen atoms in total. The van der Waals surface area contributed by atoms with Crippen molar-refractivity contribution < 1.29 is 4.74 Å². The van der Waals surface area contributed by atoms with Gasteiger partial charge in [0.2, 0.25) is 0 Å². The molecule has 0 saturated heterocycles. The van der Waals surface area contributed by atoms with Crippen molar-refractivity contribution in [1.29, 1.82) is 10.5 Å². The van der Waals surface area contributed by atoms with Gasteiger partial charge in [-0.1, -0.05) is 86.0 Å². The molecule has 3 heteroatoms. The molecular formula is C34H46N2O. The number of rotatable bonds is 6. The Kier molecular flexibility index (Phi) is 8.80. The second kappa shape index (κ2) is 11.3. The van der Waals surface area contributed by atoms with Crippen LogP contribution in [0, 0.1) is 28.1 Å². The lowest BCUT2D eigenvalue weighted by Crippen LogP contribution is -2.27. The van der Waals surface area contributed by atoms with E-state index in [-0.39, 0.29) is 21.8 Å². The van der Waals surface area contributed by atoms with Crippen molar-refractivity contribution in [2.75, 3.05) is 7.11 Å². The van der Waals surface area contributed by atoms with Gasteiger partial charge in [0, 0.05) is 11.1 Å². The number of hydrogen-bond acceptors (Lipinski definition) is 3. The van der Waals surface area contributed by atoms with Crippen molar-refractivity contribution in [3.05, 3.63) is 57.2 Å². The molecule has 0 N–H and O–H groups in total. The van der Waals surface area contributed by atoms with Crippen LogP contribution in [0.5, 0.6) is 5.75 Å². The first kappa shape index (κ1) is 28.8. The van der Waals surface area contributed by atoms with Crippen LogP contribution in [0.15, 0.2) is 34.9 Å². The van der Waals surface area contributed by atoms with Crippen LogP contribution in [0.2, 0.25) is 0 Å². The second-order valence-corrected chi connectivity index (χ2v) is 13.2. The summed E-state index contributed by atoms with van der Waals surface area (Å²) in [5.41, 5.74) is 7.84. The molecule has 0 atom stereocenters. The van der Waals surface area contributed by atoms with Crippen LogP contribution in [-0.4, -0.2) is 7.11 Å². The van der Waals surface area contributed by atoms with E-state index in [0.717, 1.165) is 61.0 Å². The first-order chi connectivity index (χ1) is 17.4. The Morgan fingerprint density at radius 2 is 1.76 bits per heavy atom. The Labute approximate surface area is 225 Å². The zero-order valence-electron chi connectivity index (χ0n) is 24.5. The standard InChI is InChI=1S/C34H46N2O/c1-9-16-33(4,5)29-19-25(31(37-8)30-28(29)13-11-10-12-17-34(30,6)7)15-14-24-18-26(27(22-35)23-36)21-32(2,3)20-24/h14-15,18-19H,9-13,16-17,20-21H2,1-8H3/b15-14+. The average Bonchev–Trinajstić information content (AvgIpc) is 2.80. The van der Waals surface area contributed by atoms with Gasteiger partial charge >= 0.3 is 0 Å². The highest BCUT2D eigenvalue weighted by Crippen LogP contribution is 2.47. The highest BCUT2D eigenvalue weighted by atomic mass is 16.5. The first-order valence-corrected chi connectivity index (χ1v) is 14.1. The quantitative estimate of drug-likeness (QED) is 0.367. The van der Waals surface area contributed by atoms with Crippen LogP contribution in [0.4, 0.5) is 0 Å². The molecule has 0 fully saturated rings. The Bertz CT molecular complexity index is 1180. The zero-order chi connectivity index (χ0) is 27.4. The van der Waals surface area contributed by atoms with Crippen molar-refractivity contribution >= 4 is 6.08 Å². The number of benzene rings is 1.